The van der Waals surface area contributed by atoms with Gasteiger partial charge in [0.1, 0.15) is 18.3 Å². The number of aromatic nitrogens is 2. The predicted octanol–water partition coefficient (Wildman–Crippen LogP) is 4.32. The average Bonchev–Trinajstić information content (AvgIpc) is 3.48. The van der Waals surface area contributed by atoms with Crippen molar-refractivity contribution in [2.75, 3.05) is 6.61 Å². The Morgan fingerprint density at radius 2 is 1.97 bits per heavy atom. The van der Waals surface area contributed by atoms with E-state index in [1.807, 2.05) is 19.2 Å². The number of aliphatic hydroxyl groups is 1. The van der Waals surface area contributed by atoms with E-state index in [1.54, 1.807) is 40.9 Å². The fourth-order valence-corrected chi connectivity index (χ4v) is 4.50. The monoisotopic (exact) mass is 418 g/mol. The number of hydrogen-bond acceptors (Lipinski definition) is 4. The molecule has 2 unspecified atom stereocenters. The molecule has 2 aromatic heterocycles. The summed E-state index contributed by atoms with van der Waals surface area (Å²) in [6.45, 7) is 0.389. The van der Waals surface area contributed by atoms with Crippen molar-refractivity contribution in [1.82, 2.24) is 9.38 Å². The predicted molar refractivity (Wildman–Crippen MR) is 102 cm³/mol. The van der Waals surface area contributed by atoms with Gasteiger partial charge in [0.25, 0.3) is 0 Å². The number of rotatable bonds is 4. The quantitative estimate of drug-likeness (QED) is 0.686. The van der Waals surface area contributed by atoms with Crippen LogP contribution in [0, 0.1) is 12.8 Å². The van der Waals surface area contributed by atoms with Crippen LogP contribution < -0.4 is 4.74 Å². The molecule has 1 fully saturated rings. The molecule has 3 aromatic rings. The summed E-state index contributed by atoms with van der Waals surface area (Å²) in [6, 6.07) is 10.7. The lowest BCUT2D eigenvalue weighted by Crippen LogP contribution is -2.53. The van der Waals surface area contributed by atoms with Gasteiger partial charge in [-0.15, -0.1) is 0 Å². The lowest BCUT2D eigenvalue weighted by Gasteiger charge is -2.46. The molecule has 0 spiro atoms. The second-order valence-corrected chi connectivity index (χ2v) is 8.04. The first-order valence-electron chi connectivity index (χ1n) is 9.89. The first kappa shape index (κ1) is 19.4. The number of nitrogens with zero attached hydrogens (tertiary/aromatic N) is 2. The highest BCUT2D eigenvalue weighted by molar-refractivity contribution is 5.62. The molecule has 1 aromatic carbocycles. The fourth-order valence-electron chi connectivity index (χ4n) is 4.50. The van der Waals surface area contributed by atoms with Crippen molar-refractivity contribution >= 4 is 5.65 Å². The van der Waals surface area contributed by atoms with E-state index in [4.69, 9.17) is 9.47 Å². The normalized spacial score (nSPS) is 26.4. The number of benzene rings is 1. The van der Waals surface area contributed by atoms with Crippen LogP contribution in [0.3, 0.4) is 0 Å². The number of halogens is 3. The maximum Gasteiger partial charge on any atom is 0.411 e. The second-order valence-electron chi connectivity index (χ2n) is 8.04. The molecule has 158 valence electrons. The summed E-state index contributed by atoms with van der Waals surface area (Å²) in [6.07, 6.45) is -1.81. The molecule has 1 N–H and O–H groups in total. The third-order valence-electron chi connectivity index (χ3n) is 5.88. The number of aryl methyl sites for hydroxylation is 1. The van der Waals surface area contributed by atoms with Gasteiger partial charge in [-0.25, -0.2) is 4.98 Å². The summed E-state index contributed by atoms with van der Waals surface area (Å²) in [4.78, 5) is 4.51. The Balaban J connectivity index is 1.72. The van der Waals surface area contributed by atoms with Crippen molar-refractivity contribution in [3.05, 3.63) is 65.6 Å². The molecule has 2 aliphatic rings. The largest absolute Gasteiger partial charge is 0.479 e. The number of aliphatic hydroxyl groups excluding tert-OH is 1. The van der Waals surface area contributed by atoms with Crippen molar-refractivity contribution in [3.63, 3.8) is 0 Å². The molecule has 30 heavy (non-hydrogen) atoms. The first-order valence-corrected chi connectivity index (χ1v) is 9.89. The Bertz CT molecular complexity index is 1080. The SMILES string of the molecule is Cc1cn2ccc3c(c2n1)O[C@H](c1ccccc1)C(O)C3(OCC(F)(F)F)C1CC1. The molecule has 0 bridgehead atoms. The molecule has 0 saturated heterocycles. The fraction of sp³-hybridized carbons (Fsp3) is 0.409. The highest BCUT2D eigenvalue weighted by Gasteiger charge is 2.60. The Morgan fingerprint density at radius 3 is 2.63 bits per heavy atom. The standard InChI is InChI=1S/C22H21F3N2O3/c1-13-11-27-10-9-16-18(20(27)26-13)30-17(14-5-3-2-4-6-14)19(28)22(16,15-7-8-15)29-12-21(23,24)25/h2-6,9-11,15,17,19,28H,7-8,12H2,1H3/t17-,19?,22?/m1/s1. The number of fused-ring (bicyclic) bond motifs is 3. The minimum absolute atomic E-state index is 0.234. The van der Waals surface area contributed by atoms with E-state index >= 15 is 0 Å². The van der Waals surface area contributed by atoms with Gasteiger partial charge < -0.3 is 19.0 Å². The molecule has 8 heteroatoms. The van der Waals surface area contributed by atoms with E-state index in [1.165, 1.54) is 0 Å². The van der Waals surface area contributed by atoms with Crippen molar-refractivity contribution in [2.45, 2.75) is 43.8 Å². The molecule has 1 aliphatic heterocycles. The van der Waals surface area contributed by atoms with Crippen molar-refractivity contribution in [1.29, 1.82) is 0 Å². The third-order valence-corrected chi connectivity index (χ3v) is 5.88. The lowest BCUT2D eigenvalue weighted by molar-refractivity contribution is -0.249. The Kier molecular flexibility index (Phi) is 4.34. The summed E-state index contributed by atoms with van der Waals surface area (Å²) >= 11 is 0. The maximum absolute atomic E-state index is 13.2. The third kappa shape index (κ3) is 3.06. The van der Waals surface area contributed by atoms with E-state index in [0.717, 1.165) is 5.69 Å². The Labute approximate surface area is 171 Å². The number of ether oxygens (including phenoxy) is 2. The van der Waals surface area contributed by atoms with Gasteiger partial charge in [-0.05, 0) is 37.3 Å². The van der Waals surface area contributed by atoms with Crippen LogP contribution >= 0.6 is 0 Å². The zero-order valence-electron chi connectivity index (χ0n) is 16.3. The molecular formula is C22H21F3N2O3. The van der Waals surface area contributed by atoms with E-state index in [-0.39, 0.29) is 5.92 Å². The molecule has 3 heterocycles. The van der Waals surface area contributed by atoms with Gasteiger partial charge in [0, 0.05) is 18.0 Å². The van der Waals surface area contributed by atoms with Crippen LogP contribution in [-0.2, 0) is 10.3 Å². The van der Waals surface area contributed by atoms with Crippen LogP contribution in [-0.4, -0.2) is 33.4 Å². The summed E-state index contributed by atoms with van der Waals surface area (Å²) in [5.41, 5.74) is 0.820. The van der Waals surface area contributed by atoms with Crippen LogP contribution in [0.2, 0.25) is 0 Å². The molecule has 0 radical (unpaired) electrons. The van der Waals surface area contributed by atoms with Crippen LogP contribution in [0.5, 0.6) is 5.75 Å². The van der Waals surface area contributed by atoms with Gasteiger partial charge in [-0.1, -0.05) is 30.3 Å². The second kappa shape index (κ2) is 6.72. The summed E-state index contributed by atoms with van der Waals surface area (Å²) in [7, 11) is 0. The van der Waals surface area contributed by atoms with Crippen LogP contribution in [0.4, 0.5) is 13.2 Å². The van der Waals surface area contributed by atoms with Crippen molar-refractivity contribution < 1.29 is 27.8 Å². The van der Waals surface area contributed by atoms with Gasteiger partial charge >= 0.3 is 6.18 Å². The van der Waals surface area contributed by atoms with E-state index in [0.29, 0.717) is 35.4 Å². The van der Waals surface area contributed by atoms with Crippen molar-refractivity contribution in [2.24, 2.45) is 5.92 Å². The van der Waals surface area contributed by atoms with E-state index < -0.39 is 30.6 Å². The molecule has 5 nitrogen and oxygen atoms in total. The number of alkyl halides is 3. The lowest BCUT2D eigenvalue weighted by atomic mass is 9.77. The minimum Gasteiger partial charge on any atom is -0.479 e. The summed E-state index contributed by atoms with van der Waals surface area (Å²) < 4.78 is 53.2. The van der Waals surface area contributed by atoms with Crippen LogP contribution in [0.25, 0.3) is 5.65 Å². The average molecular weight is 418 g/mol. The zero-order chi connectivity index (χ0) is 21.1. The molecule has 5 rings (SSSR count). The summed E-state index contributed by atoms with van der Waals surface area (Å²) in [5.74, 6) is 0.126. The minimum atomic E-state index is -4.52. The van der Waals surface area contributed by atoms with Crippen LogP contribution in [0.1, 0.15) is 35.8 Å². The highest BCUT2D eigenvalue weighted by atomic mass is 19.4. The number of pyridine rings is 1. The molecule has 0 amide bonds. The van der Waals surface area contributed by atoms with Crippen LogP contribution in [0.15, 0.2) is 48.8 Å². The van der Waals surface area contributed by atoms with Gasteiger partial charge in [-0.3, -0.25) is 0 Å². The number of hydrogen-bond donors (Lipinski definition) is 1. The molecule has 3 atom stereocenters. The first-order chi connectivity index (χ1) is 14.3. The zero-order valence-corrected chi connectivity index (χ0v) is 16.3. The van der Waals surface area contributed by atoms with Gasteiger partial charge in [0.15, 0.2) is 17.5 Å². The van der Waals surface area contributed by atoms with E-state index in [2.05, 4.69) is 4.98 Å². The van der Waals surface area contributed by atoms with Gasteiger partial charge in [0.05, 0.1) is 5.69 Å². The number of imidazole rings is 1. The van der Waals surface area contributed by atoms with E-state index in [9.17, 15) is 18.3 Å². The van der Waals surface area contributed by atoms with Gasteiger partial charge in [0.2, 0.25) is 0 Å². The molecule has 1 saturated carbocycles. The molecule has 1 aliphatic carbocycles. The smallest absolute Gasteiger partial charge is 0.411 e. The highest BCUT2D eigenvalue weighted by Crippen LogP contribution is 2.58. The van der Waals surface area contributed by atoms with Gasteiger partial charge in [-0.2, -0.15) is 13.2 Å². The Morgan fingerprint density at radius 1 is 1.23 bits per heavy atom. The topological polar surface area (TPSA) is 56.0 Å². The maximum atomic E-state index is 13.2. The molecular weight excluding hydrogens is 397 g/mol. The van der Waals surface area contributed by atoms with Crippen molar-refractivity contribution in [3.8, 4) is 5.75 Å². The Hall–Kier alpha value is -2.58. The summed E-state index contributed by atoms with van der Waals surface area (Å²) in [5, 5.41) is 11.4.